The average molecular weight is 275 g/mol. The van der Waals surface area contributed by atoms with Gasteiger partial charge < -0.3 is 10.6 Å². The van der Waals surface area contributed by atoms with Gasteiger partial charge in [0.25, 0.3) is 5.91 Å². The molecule has 1 aromatic carbocycles. The minimum Gasteiger partial charge on any atom is -0.375 e. The van der Waals surface area contributed by atoms with Gasteiger partial charge in [0.15, 0.2) is 5.13 Å². The number of amides is 1. The molecule has 1 aromatic heterocycles. The van der Waals surface area contributed by atoms with Crippen molar-refractivity contribution in [2.24, 2.45) is 0 Å². The molecule has 2 heterocycles. The summed E-state index contributed by atoms with van der Waals surface area (Å²) < 4.78 is 0.973. The first-order valence-electron chi connectivity index (χ1n) is 6.45. The maximum Gasteiger partial charge on any atom is 0.254 e. The van der Waals surface area contributed by atoms with Crippen molar-refractivity contribution in [3.05, 3.63) is 23.8 Å². The second kappa shape index (κ2) is 4.20. The Hall–Kier alpha value is -1.62. The van der Waals surface area contributed by atoms with Crippen molar-refractivity contribution in [1.82, 2.24) is 9.88 Å². The minimum atomic E-state index is -0.0429. The lowest BCUT2D eigenvalue weighted by molar-refractivity contribution is 0.0652. The van der Waals surface area contributed by atoms with E-state index in [9.17, 15) is 4.79 Å². The van der Waals surface area contributed by atoms with E-state index in [1.807, 2.05) is 23.1 Å². The highest BCUT2D eigenvalue weighted by atomic mass is 32.1. The van der Waals surface area contributed by atoms with E-state index in [1.165, 1.54) is 11.3 Å². The van der Waals surface area contributed by atoms with Crippen LogP contribution < -0.4 is 5.73 Å². The van der Waals surface area contributed by atoms with Crippen LogP contribution in [0.15, 0.2) is 18.2 Å². The summed E-state index contributed by atoms with van der Waals surface area (Å²) in [4.78, 5) is 18.8. The molecule has 1 amide bonds. The normalized spacial score (nSPS) is 18.1. The van der Waals surface area contributed by atoms with Crippen LogP contribution in [0.4, 0.5) is 5.13 Å². The average Bonchev–Trinajstić information content (AvgIpc) is 2.88. The lowest BCUT2D eigenvalue weighted by Crippen LogP contribution is -2.42. The number of nitrogens with two attached hydrogens (primary N) is 1. The molecule has 1 saturated heterocycles. The van der Waals surface area contributed by atoms with Gasteiger partial charge in [-0.25, -0.2) is 4.98 Å². The number of nitrogen functional groups attached to an aromatic ring is 1. The molecular formula is C14H17N3OS. The van der Waals surface area contributed by atoms with Crippen LogP contribution in [0, 0.1) is 0 Å². The van der Waals surface area contributed by atoms with E-state index >= 15 is 0 Å². The lowest BCUT2D eigenvalue weighted by atomic mass is 10.0. The highest BCUT2D eigenvalue weighted by Crippen LogP contribution is 2.31. The molecule has 1 aliphatic rings. The van der Waals surface area contributed by atoms with Crippen LogP contribution in [-0.4, -0.2) is 27.9 Å². The summed E-state index contributed by atoms with van der Waals surface area (Å²) in [6, 6.07) is 5.62. The van der Waals surface area contributed by atoms with Crippen molar-refractivity contribution >= 4 is 32.6 Å². The molecule has 0 bridgehead atoms. The van der Waals surface area contributed by atoms with Gasteiger partial charge in [0.2, 0.25) is 0 Å². The zero-order chi connectivity index (χ0) is 13.6. The molecule has 1 fully saturated rings. The van der Waals surface area contributed by atoms with Crippen molar-refractivity contribution in [1.29, 1.82) is 0 Å². The molecule has 2 aromatic rings. The van der Waals surface area contributed by atoms with Crippen molar-refractivity contribution in [3.8, 4) is 0 Å². The molecule has 0 aliphatic carbocycles. The molecule has 5 heteroatoms. The van der Waals surface area contributed by atoms with Gasteiger partial charge in [-0.3, -0.25) is 4.79 Å². The SMILES string of the molecule is CC1(C)CCCN1C(=O)c1ccc2nc(N)sc2c1. The Labute approximate surface area is 116 Å². The molecule has 0 atom stereocenters. The van der Waals surface area contributed by atoms with E-state index in [0.717, 1.165) is 35.2 Å². The molecule has 4 nitrogen and oxygen atoms in total. The van der Waals surface area contributed by atoms with E-state index in [0.29, 0.717) is 5.13 Å². The molecule has 2 N–H and O–H groups in total. The van der Waals surface area contributed by atoms with Crippen molar-refractivity contribution in [2.45, 2.75) is 32.2 Å². The number of anilines is 1. The van der Waals surface area contributed by atoms with Crippen molar-refractivity contribution in [3.63, 3.8) is 0 Å². The third-order valence-electron chi connectivity index (χ3n) is 3.80. The zero-order valence-electron chi connectivity index (χ0n) is 11.1. The summed E-state index contributed by atoms with van der Waals surface area (Å²) in [6.07, 6.45) is 2.14. The molecule has 1 aliphatic heterocycles. The Kier molecular flexibility index (Phi) is 2.74. The second-order valence-electron chi connectivity index (χ2n) is 5.61. The van der Waals surface area contributed by atoms with E-state index in [1.54, 1.807) is 0 Å². The van der Waals surface area contributed by atoms with Gasteiger partial charge in [-0.05, 0) is 44.9 Å². The molecular weight excluding hydrogens is 258 g/mol. The molecule has 100 valence electrons. The van der Waals surface area contributed by atoms with Gasteiger partial charge in [-0.2, -0.15) is 0 Å². The fraction of sp³-hybridized carbons (Fsp3) is 0.429. The predicted molar refractivity (Wildman–Crippen MR) is 78.4 cm³/mol. The Morgan fingerprint density at radius 1 is 1.47 bits per heavy atom. The molecule has 0 unspecified atom stereocenters. The van der Waals surface area contributed by atoms with Crippen molar-refractivity contribution < 1.29 is 4.79 Å². The Bertz CT molecular complexity index is 647. The summed E-state index contributed by atoms with van der Waals surface area (Å²) in [5.74, 6) is 0.108. The molecule has 0 radical (unpaired) electrons. The van der Waals surface area contributed by atoms with Crippen LogP contribution in [0.3, 0.4) is 0 Å². The Morgan fingerprint density at radius 3 is 2.95 bits per heavy atom. The number of thiazole rings is 1. The predicted octanol–water partition coefficient (Wildman–Crippen LogP) is 2.89. The Balaban J connectivity index is 1.97. The maximum absolute atomic E-state index is 12.6. The van der Waals surface area contributed by atoms with E-state index in [-0.39, 0.29) is 11.4 Å². The van der Waals surface area contributed by atoms with Gasteiger partial charge in [0.05, 0.1) is 10.2 Å². The van der Waals surface area contributed by atoms with E-state index in [2.05, 4.69) is 18.8 Å². The first-order valence-corrected chi connectivity index (χ1v) is 7.27. The van der Waals surface area contributed by atoms with Gasteiger partial charge >= 0.3 is 0 Å². The summed E-state index contributed by atoms with van der Waals surface area (Å²) in [5, 5.41) is 0.543. The number of nitrogens with zero attached hydrogens (tertiary/aromatic N) is 2. The van der Waals surface area contributed by atoms with Gasteiger partial charge in [-0.15, -0.1) is 0 Å². The number of hydrogen-bond donors (Lipinski definition) is 1. The quantitative estimate of drug-likeness (QED) is 0.870. The third-order valence-corrected chi connectivity index (χ3v) is 4.65. The first kappa shape index (κ1) is 12.4. The molecule has 3 rings (SSSR count). The number of hydrogen-bond acceptors (Lipinski definition) is 4. The fourth-order valence-electron chi connectivity index (χ4n) is 2.72. The second-order valence-corrected chi connectivity index (χ2v) is 6.67. The largest absolute Gasteiger partial charge is 0.375 e. The molecule has 0 spiro atoms. The summed E-state index contributed by atoms with van der Waals surface area (Å²) in [6.45, 7) is 5.09. The van der Waals surface area contributed by atoms with Crippen molar-refractivity contribution in [2.75, 3.05) is 12.3 Å². The van der Waals surface area contributed by atoms with Gasteiger partial charge in [-0.1, -0.05) is 11.3 Å². The lowest BCUT2D eigenvalue weighted by Gasteiger charge is -2.31. The fourth-order valence-corrected chi connectivity index (χ4v) is 3.49. The number of likely N-dealkylation sites (tertiary alicyclic amines) is 1. The number of fused-ring (bicyclic) bond motifs is 1. The number of benzene rings is 1. The van der Waals surface area contributed by atoms with Crippen LogP contribution in [0.2, 0.25) is 0 Å². The van der Waals surface area contributed by atoms with Crippen LogP contribution >= 0.6 is 11.3 Å². The number of carbonyl (C=O) groups excluding carboxylic acids is 1. The maximum atomic E-state index is 12.6. The molecule has 19 heavy (non-hydrogen) atoms. The number of rotatable bonds is 1. The minimum absolute atomic E-state index is 0.0429. The van der Waals surface area contributed by atoms with E-state index < -0.39 is 0 Å². The van der Waals surface area contributed by atoms with Crippen LogP contribution in [0.5, 0.6) is 0 Å². The summed E-state index contributed by atoms with van der Waals surface area (Å²) in [5.41, 5.74) is 7.24. The molecule has 0 saturated carbocycles. The topological polar surface area (TPSA) is 59.2 Å². The first-order chi connectivity index (χ1) is 8.97. The van der Waals surface area contributed by atoms with Crippen LogP contribution in [0.1, 0.15) is 37.0 Å². The highest BCUT2D eigenvalue weighted by molar-refractivity contribution is 7.22. The monoisotopic (exact) mass is 275 g/mol. The zero-order valence-corrected chi connectivity index (χ0v) is 12.0. The standard InChI is InChI=1S/C14H17N3OS/c1-14(2)6-3-7-17(14)12(18)9-4-5-10-11(8-9)19-13(15)16-10/h4-5,8H,3,6-7H2,1-2H3,(H2,15,16). The summed E-state index contributed by atoms with van der Waals surface area (Å²) >= 11 is 1.42. The summed E-state index contributed by atoms with van der Waals surface area (Å²) in [7, 11) is 0. The number of aromatic nitrogens is 1. The number of carbonyl (C=O) groups is 1. The van der Waals surface area contributed by atoms with Gasteiger partial charge in [0.1, 0.15) is 0 Å². The smallest absolute Gasteiger partial charge is 0.254 e. The van der Waals surface area contributed by atoms with Crippen LogP contribution in [-0.2, 0) is 0 Å². The van der Waals surface area contributed by atoms with Gasteiger partial charge in [0, 0.05) is 17.6 Å². The third kappa shape index (κ3) is 2.08. The highest BCUT2D eigenvalue weighted by Gasteiger charge is 2.35. The Morgan fingerprint density at radius 2 is 2.26 bits per heavy atom. The van der Waals surface area contributed by atoms with Crippen LogP contribution in [0.25, 0.3) is 10.2 Å². The van der Waals surface area contributed by atoms with E-state index in [4.69, 9.17) is 5.73 Å².